The third kappa shape index (κ3) is 3.20. The van der Waals surface area contributed by atoms with Crippen LogP contribution < -0.4 is 5.32 Å². The van der Waals surface area contributed by atoms with Gasteiger partial charge in [-0.2, -0.15) is 0 Å². The molecule has 1 rings (SSSR count). The molecule has 0 aliphatic carbocycles. The molecule has 94 valence electrons. The Morgan fingerprint density at radius 1 is 1.53 bits per heavy atom. The van der Waals surface area contributed by atoms with E-state index in [-0.39, 0.29) is 5.97 Å². The largest absolute Gasteiger partial charge is 0.467 e. The maximum atomic E-state index is 11.9. The van der Waals surface area contributed by atoms with Gasteiger partial charge in [0, 0.05) is 5.02 Å². The molecular weight excluding hydrogens is 238 g/mol. The fraction of sp³-hybridized carbons (Fsp3) is 0.462. The third-order valence-electron chi connectivity index (χ3n) is 2.72. The van der Waals surface area contributed by atoms with Gasteiger partial charge >= 0.3 is 5.97 Å². The van der Waals surface area contributed by atoms with E-state index in [0.717, 1.165) is 18.5 Å². The molecule has 0 aliphatic heterocycles. The van der Waals surface area contributed by atoms with Crippen LogP contribution in [0.2, 0.25) is 5.02 Å². The van der Waals surface area contributed by atoms with E-state index < -0.39 is 5.54 Å². The summed E-state index contributed by atoms with van der Waals surface area (Å²) in [5, 5.41) is 3.81. The van der Waals surface area contributed by atoms with E-state index in [1.807, 2.05) is 19.1 Å². The van der Waals surface area contributed by atoms with Gasteiger partial charge in [0.25, 0.3) is 0 Å². The van der Waals surface area contributed by atoms with Gasteiger partial charge in [-0.05, 0) is 37.6 Å². The zero-order valence-electron chi connectivity index (χ0n) is 10.4. The molecule has 4 heteroatoms. The van der Waals surface area contributed by atoms with Gasteiger partial charge in [-0.3, -0.25) is 5.32 Å². The van der Waals surface area contributed by atoms with Crippen molar-refractivity contribution in [3.05, 3.63) is 34.9 Å². The topological polar surface area (TPSA) is 38.3 Å². The number of carbonyl (C=O) groups is 1. The van der Waals surface area contributed by atoms with Crippen LogP contribution in [-0.2, 0) is 15.1 Å². The highest BCUT2D eigenvalue weighted by Gasteiger charge is 2.35. The molecule has 0 heterocycles. The van der Waals surface area contributed by atoms with Gasteiger partial charge in [-0.15, -0.1) is 0 Å². The van der Waals surface area contributed by atoms with E-state index in [1.165, 1.54) is 7.11 Å². The molecule has 1 aromatic carbocycles. The molecule has 1 unspecified atom stereocenters. The SMILES string of the molecule is CCCNC(C)(C(=O)OC)c1cccc(Cl)c1. The molecule has 3 nitrogen and oxygen atoms in total. The third-order valence-corrected chi connectivity index (χ3v) is 2.96. The Hall–Kier alpha value is -1.06. The molecule has 1 aromatic rings. The second-order valence-corrected chi connectivity index (χ2v) is 4.49. The van der Waals surface area contributed by atoms with Gasteiger partial charge in [0.2, 0.25) is 0 Å². The zero-order valence-corrected chi connectivity index (χ0v) is 11.2. The maximum Gasteiger partial charge on any atom is 0.330 e. The van der Waals surface area contributed by atoms with Gasteiger partial charge in [0.15, 0.2) is 0 Å². The standard InChI is InChI=1S/C13H18ClNO2/c1-4-8-15-13(2,12(16)17-3)10-6-5-7-11(14)9-10/h5-7,9,15H,4,8H2,1-3H3. The van der Waals surface area contributed by atoms with Crippen LogP contribution >= 0.6 is 11.6 Å². The molecule has 0 bridgehead atoms. The van der Waals surface area contributed by atoms with Gasteiger partial charge in [-0.25, -0.2) is 4.79 Å². The van der Waals surface area contributed by atoms with Crippen LogP contribution in [-0.4, -0.2) is 19.6 Å². The van der Waals surface area contributed by atoms with Crippen molar-refractivity contribution in [1.82, 2.24) is 5.32 Å². The minimum absolute atomic E-state index is 0.312. The van der Waals surface area contributed by atoms with Crippen LogP contribution in [0.3, 0.4) is 0 Å². The highest BCUT2D eigenvalue weighted by molar-refractivity contribution is 6.30. The lowest BCUT2D eigenvalue weighted by Gasteiger charge is -2.28. The molecule has 0 saturated heterocycles. The minimum atomic E-state index is -0.852. The number of hydrogen-bond acceptors (Lipinski definition) is 3. The first-order valence-electron chi connectivity index (χ1n) is 5.64. The lowest BCUT2D eigenvalue weighted by atomic mass is 9.92. The number of methoxy groups -OCH3 is 1. The predicted molar refractivity (Wildman–Crippen MR) is 69.1 cm³/mol. The van der Waals surface area contributed by atoms with E-state index in [2.05, 4.69) is 5.32 Å². The highest BCUT2D eigenvalue weighted by atomic mass is 35.5. The van der Waals surface area contributed by atoms with Crippen molar-refractivity contribution in [2.75, 3.05) is 13.7 Å². The molecule has 1 N–H and O–H groups in total. The van der Waals surface area contributed by atoms with Gasteiger partial charge < -0.3 is 4.74 Å². The Morgan fingerprint density at radius 2 is 2.24 bits per heavy atom. The number of halogens is 1. The van der Waals surface area contributed by atoms with Crippen molar-refractivity contribution < 1.29 is 9.53 Å². The monoisotopic (exact) mass is 255 g/mol. The van der Waals surface area contributed by atoms with Crippen molar-refractivity contribution in [2.24, 2.45) is 0 Å². The van der Waals surface area contributed by atoms with Gasteiger partial charge in [0.05, 0.1) is 7.11 Å². The second-order valence-electron chi connectivity index (χ2n) is 4.05. The first kappa shape index (κ1) is 14.0. The molecule has 0 saturated carbocycles. The fourth-order valence-electron chi connectivity index (χ4n) is 1.67. The summed E-state index contributed by atoms with van der Waals surface area (Å²) in [5.74, 6) is -0.312. The number of hydrogen-bond donors (Lipinski definition) is 1. The summed E-state index contributed by atoms with van der Waals surface area (Å²) < 4.78 is 4.86. The first-order chi connectivity index (χ1) is 8.04. The predicted octanol–water partition coefficient (Wildman–Crippen LogP) is 2.73. The number of benzene rings is 1. The molecule has 0 radical (unpaired) electrons. The van der Waals surface area contributed by atoms with E-state index in [1.54, 1.807) is 19.1 Å². The zero-order chi connectivity index (χ0) is 12.9. The molecule has 0 fully saturated rings. The number of nitrogens with one attached hydrogen (secondary N) is 1. The Balaban J connectivity index is 3.09. The van der Waals surface area contributed by atoms with Crippen molar-refractivity contribution in [3.63, 3.8) is 0 Å². The van der Waals surface area contributed by atoms with Crippen LogP contribution in [0.4, 0.5) is 0 Å². The lowest BCUT2D eigenvalue weighted by molar-refractivity contribution is -0.148. The van der Waals surface area contributed by atoms with E-state index in [0.29, 0.717) is 5.02 Å². The quantitative estimate of drug-likeness (QED) is 0.823. The maximum absolute atomic E-state index is 11.9. The van der Waals surface area contributed by atoms with Crippen LogP contribution in [0, 0.1) is 0 Å². The molecule has 0 amide bonds. The van der Waals surface area contributed by atoms with Gasteiger partial charge in [-0.1, -0.05) is 30.7 Å². The van der Waals surface area contributed by atoms with Crippen molar-refractivity contribution >= 4 is 17.6 Å². The number of carbonyl (C=O) groups excluding carboxylic acids is 1. The summed E-state index contributed by atoms with van der Waals surface area (Å²) in [5.41, 5.74) is -0.0411. The smallest absolute Gasteiger partial charge is 0.330 e. The van der Waals surface area contributed by atoms with Crippen LogP contribution in [0.25, 0.3) is 0 Å². The normalized spacial score (nSPS) is 14.1. The Morgan fingerprint density at radius 3 is 2.76 bits per heavy atom. The first-order valence-corrected chi connectivity index (χ1v) is 6.02. The highest BCUT2D eigenvalue weighted by Crippen LogP contribution is 2.25. The number of esters is 1. The van der Waals surface area contributed by atoms with E-state index >= 15 is 0 Å². The average Bonchev–Trinajstić information content (AvgIpc) is 2.34. The molecule has 0 aliphatic rings. The second kappa shape index (κ2) is 6.03. The molecular formula is C13H18ClNO2. The Labute approximate surface area is 107 Å². The summed E-state index contributed by atoms with van der Waals surface area (Å²) in [7, 11) is 1.39. The summed E-state index contributed by atoms with van der Waals surface area (Å²) >= 11 is 5.95. The Bertz CT molecular complexity index is 395. The van der Waals surface area contributed by atoms with E-state index in [9.17, 15) is 4.79 Å². The minimum Gasteiger partial charge on any atom is -0.467 e. The molecule has 1 atom stereocenters. The van der Waals surface area contributed by atoms with Crippen LogP contribution in [0.5, 0.6) is 0 Å². The summed E-state index contributed by atoms with van der Waals surface area (Å²) in [6, 6.07) is 7.25. The van der Waals surface area contributed by atoms with Crippen molar-refractivity contribution in [1.29, 1.82) is 0 Å². The summed E-state index contributed by atoms with van der Waals surface area (Å²) in [4.78, 5) is 11.9. The summed E-state index contributed by atoms with van der Waals surface area (Å²) in [6.07, 6.45) is 0.938. The van der Waals surface area contributed by atoms with Gasteiger partial charge in [0.1, 0.15) is 5.54 Å². The van der Waals surface area contributed by atoms with E-state index in [4.69, 9.17) is 16.3 Å². The Kier molecular flexibility index (Phi) is 4.97. The molecule has 0 aromatic heterocycles. The summed E-state index contributed by atoms with van der Waals surface area (Å²) in [6.45, 7) is 4.58. The van der Waals surface area contributed by atoms with Crippen LogP contribution in [0.1, 0.15) is 25.8 Å². The lowest BCUT2D eigenvalue weighted by Crippen LogP contribution is -2.47. The fourth-order valence-corrected chi connectivity index (χ4v) is 1.86. The van der Waals surface area contributed by atoms with Crippen LogP contribution in [0.15, 0.2) is 24.3 Å². The molecule has 17 heavy (non-hydrogen) atoms. The average molecular weight is 256 g/mol. The van der Waals surface area contributed by atoms with Crippen molar-refractivity contribution in [2.45, 2.75) is 25.8 Å². The molecule has 0 spiro atoms. The number of ether oxygens (including phenoxy) is 1. The van der Waals surface area contributed by atoms with Crippen molar-refractivity contribution in [3.8, 4) is 0 Å². The number of rotatable bonds is 5.